The number of rotatable bonds is 4. The van der Waals surface area contributed by atoms with E-state index >= 15 is 0 Å². The number of hydrogen-bond donors (Lipinski definition) is 1. The first-order chi connectivity index (χ1) is 13.3. The smallest absolute Gasteiger partial charge is 0.228 e. The van der Waals surface area contributed by atoms with Crippen LogP contribution in [0.1, 0.15) is 11.3 Å². The third kappa shape index (κ3) is 3.50. The Morgan fingerprint density at radius 2 is 1.93 bits per heavy atom. The Bertz CT molecular complexity index is 1250. The summed E-state index contributed by atoms with van der Waals surface area (Å²) in [5, 5.41) is 3.78. The molecule has 0 aliphatic carbocycles. The summed E-state index contributed by atoms with van der Waals surface area (Å²) in [5.41, 5.74) is 1.11. The maximum absolute atomic E-state index is 12.6. The van der Waals surface area contributed by atoms with Crippen molar-refractivity contribution in [3.05, 3.63) is 69.4 Å². The summed E-state index contributed by atoms with van der Waals surface area (Å²) in [6.07, 6.45) is 1.33. The summed E-state index contributed by atoms with van der Waals surface area (Å²) in [4.78, 5) is 24.9. The molecule has 28 heavy (non-hydrogen) atoms. The molecule has 1 amide bonds. The van der Waals surface area contributed by atoms with Crippen LogP contribution < -0.4 is 10.7 Å². The number of benzene rings is 1. The molecule has 1 aliphatic rings. The van der Waals surface area contributed by atoms with Gasteiger partial charge in [-0.05, 0) is 13.0 Å². The normalized spacial score (nSPS) is 17.8. The fourth-order valence-electron chi connectivity index (χ4n) is 3.23. The monoisotopic (exact) mass is 399 g/mol. The Kier molecular flexibility index (Phi) is 4.43. The molecule has 0 bridgehead atoms. The number of aryl methyl sites for hydroxylation is 1. The van der Waals surface area contributed by atoms with Gasteiger partial charge in [-0.1, -0.05) is 30.3 Å². The zero-order valence-corrected chi connectivity index (χ0v) is 15.8. The van der Waals surface area contributed by atoms with E-state index in [1.165, 1.54) is 12.1 Å². The first-order valence-corrected chi connectivity index (χ1v) is 10.4. The maximum atomic E-state index is 12.6. The Balaban J connectivity index is 1.73. The van der Waals surface area contributed by atoms with E-state index in [1.54, 1.807) is 6.92 Å². The molecule has 8 heteroatoms. The number of fused-ring (bicyclic) bond motifs is 1. The van der Waals surface area contributed by atoms with Gasteiger partial charge in [0.25, 0.3) is 0 Å². The molecule has 0 saturated heterocycles. The third-order valence-corrected chi connectivity index (χ3v) is 5.83. The molecule has 0 radical (unpaired) electrons. The van der Waals surface area contributed by atoms with Crippen LogP contribution in [0.2, 0.25) is 0 Å². The Morgan fingerprint density at radius 1 is 1.18 bits per heavy atom. The number of nitrogens with one attached hydrogen (secondary N) is 1. The van der Waals surface area contributed by atoms with E-state index in [1.807, 2.05) is 30.3 Å². The number of sulfone groups is 1. The van der Waals surface area contributed by atoms with Gasteiger partial charge >= 0.3 is 0 Å². The highest BCUT2D eigenvalue weighted by Crippen LogP contribution is 2.33. The van der Waals surface area contributed by atoms with E-state index in [0.717, 1.165) is 5.41 Å². The minimum absolute atomic E-state index is 0.0515. The van der Waals surface area contributed by atoms with Crippen LogP contribution in [0, 0.1) is 6.92 Å². The number of hydrogen-bond acceptors (Lipinski definition) is 6. The lowest BCUT2D eigenvalue weighted by atomic mass is 10.1. The van der Waals surface area contributed by atoms with Crippen LogP contribution >= 0.6 is 0 Å². The fourth-order valence-corrected chi connectivity index (χ4v) is 4.46. The van der Waals surface area contributed by atoms with E-state index < -0.39 is 21.8 Å². The molecular weight excluding hydrogens is 382 g/mol. The van der Waals surface area contributed by atoms with Crippen molar-refractivity contribution in [1.29, 1.82) is 0 Å². The molecule has 3 aromatic rings. The summed E-state index contributed by atoms with van der Waals surface area (Å²) in [7, 11) is -3.27. The Hall–Kier alpha value is -3.13. The lowest BCUT2D eigenvalue weighted by Gasteiger charge is -2.10. The van der Waals surface area contributed by atoms with E-state index in [9.17, 15) is 18.0 Å². The van der Waals surface area contributed by atoms with Crippen molar-refractivity contribution >= 4 is 26.9 Å². The van der Waals surface area contributed by atoms with Crippen molar-refractivity contribution < 1.29 is 22.0 Å². The second-order valence-electron chi connectivity index (χ2n) is 6.66. The predicted octanol–water partition coefficient (Wildman–Crippen LogP) is 2.33. The summed E-state index contributed by atoms with van der Waals surface area (Å²) in [6.45, 7) is 1.65. The zero-order valence-electron chi connectivity index (χ0n) is 15.0. The van der Waals surface area contributed by atoms with Gasteiger partial charge in [-0.15, -0.1) is 0 Å². The van der Waals surface area contributed by atoms with Gasteiger partial charge in [0.15, 0.2) is 15.4 Å². The summed E-state index contributed by atoms with van der Waals surface area (Å²) in [5.74, 6) is 0.233. The minimum Gasteiger partial charge on any atom is -0.457 e. The molecule has 1 aliphatic heterocycles. The molecule has 0 fully saturated rings. The molecule has 1 atom stereocenters. The molecule has 3 heterocycles. The van der Waals surface area contributed by atoms with Crippen molar-refractivity contribution in [3.8, 4) is 11.3 Å². The number of carbonyl (C=O) groups is 1. The second-order valence-corrected chi connectivity index (χ2v) is 8.60. The fraction of sp³-hybridized carbons (Fsp3) is 0.200. The van der Waals surface area contributed by atoms with Crippen molar-refractivity contribution in [1.82, 2.24) is 5.32 Å². The number of furan rings is 1. The molecule has 1 N–H and O–H groups in total. The molecule has 1 aromatic carbocycles. The van der Waals surface area contributed by atoms with E-state index in [-0.39, 0.29) is 28.8 Å². The van der Waals surface area contributed by atoms with Gasteiger partial charge in [-0.2, -0.15) is 0 Å². The first kappa shape index (κ1) is 18.2. The van der Waals surface area contributed by atoms with Crippen LogP contribution in [0.5, 0.6) is 0 Å². The van der Waals surface area contributed by atoms with E-state index in [0.29, 0.717) is 22.6 Å². The Labute approximate surface area is 160 Å². The highest BCUT2D eigenvalue weighted by Gasteiger charge is 2.26. The quantitative estimate of drug-likeness (QED) is 0.722. The van der Waals surface area contributed by atoms with E-state index in [4.69, 9.17) is 8.83 Å². The highest BCUT2D eigenvalue weighted by atomic mass is 32.2. The van der Waals surface area contributed by atoms with Crippen molar-refractivity contribution in [2.24, 2.45) is 0 Å². The summed E-state index contributed by atoms with van der Waals surface area (Å²) < 4.78 is 34.5. The van der Waals surface area contributed by atoms with Gasteiger partial charge in [-0.25, -0.2) is 8.42 Å². The standard InChI is InChI=1S/C20H17NO6S/c1-12-9-16(22)20-19(26-12)15(18(27-20)13-5-3-2-4-6-13)10-17(23)21-14-7-8-28(24,25)11-14/h2-9,14H,10-11H2,1H3,(H,21,23). The average Bonchev–Trinajstić information content (AvgIpc) is 3.16. The van der Waals surface area contributed by atoms with Gasteiger partial charge in [0.2, 0.25) is 16.9 Å². The maximum Gasteiger partial charge on any atom is 0.228 e. The van der Waals surface area contributed by atoms with Crippen molar-refractivity contribution in [3.63, 3.8) is 0 Å². The van der Waals surface area contributed by atoms with E-state index in [2.05, 4.69) is 5.32 Å². The second kappa shape index (κ2) is 6.79. The van der Waals surface area contributed by atoms with Crippen LogP contribution in [-0.4, -0.2) is 26.1 Å². The van der Waals surface area contributed by atoms with Gasteiger partial charge in [0, 0.05) is 17.0 Å². The number of amides is 1. The SMILES string of the molecule is Cc1cc(=O)c2oc(-c3ccccc3)c(CC(=O)NC3C=CS(=O)(=O)C3)c2o1. The highest BCUT2D eigenvalue weighted by molar-refractivity contribution is 7.94. The predicted molar refractivity (Wildman–Crippen MR) is 103 cm³/mol. The zero-order chi connectivity index (χ0) is 19.9. The van der Waals surface area contributed by atoms with Gasteiger partial charge in [0.05, 0.1) is 23.8 Å². The molecule has 0 spiro atoms. The molecule has 1 unspecified atom stereocenters. The summed E-state index contributed by atoms with van der Waals surface area (Å²) in [6, 6.07) is 9.86. The largest absolute Gasteiger partial charge is 0.457 e. The molecule has 4 rings (SSSR count). The van der Waals surface area contributed by atoms with Crippen LogP contribution in [0.3, 0.4) is 0 Å². The van der Waals surface area contributed by atoms with Crippen LogP contribution in [-0.2, 0) is 21.1 Å². The molecule has 0 saturated carbocycles. The first-order valence-electron chi connectivity index (χ1n) is 8.64. The van der Waals surface area contributed by atoms with Crippen molar-refractivity contribution in [2.75, 3.05) is 5.75 Å². The molecular formula is C20H17NO6S. The minimum atomic E-state index is -3.27. The molecule has 2 aromatic heterocycles. The van der Waals surface area contributed by atoms with Gasteiger partial charge in [-0.3, -0.25) is 9.59 Å². The lowest BCUT2D eigenvalue weighted by Crippen LogP contribution is -2.36. The topological polar surface area (TPSA) is 107 Å². The Morgan fingerprint density at radius 3 is 2.61 bits per heavy atom. The molecule has 7 nitrogen and oxygen atoms in total. The average molecular weight is 399 g/mol. The third-order valence-electron chi connectivity index (χ3n) is 4.43. The summed E-state index contributed by atoms with van der Waals surface area (Å²) >= 11 is 0. The van der Waals surface area contributed by atoms with Crippen LogP contribution in [0.4, 0.5) is 0 Å². The lowest BCUT2D eigenvalue weighted by molar-refractivity contribution is -0.120. The van der Waals surface area contributed by atoms with Crippen LogP contribution in [0.25, 0.3) is 22.5 Å². The molecule has 144 valence electrons. The van der Waals surface area contributed by atoms with Gasteiger partial charge in [0.1, 0.15) is 11.5 Å². The van der Waals surface area contributed by atoms with Crippen LogP contribution in [0.15, 0.2) is 61.5 Å². The van der Waals surface area contributed by atoms with Gasteiger partial charge < -0.3 is 14.2 Å². The number of carbonyl (C=O) groups excluding carboxylic acids is 1. The van der Waals surface area contributed by atoms with Crippen molar-refractivity contribution in [2.45, 2.75) is 19.4 Å².